The number of sulfonamides is 1. The molecule has 0 aliphatic carbocycles. The van der Waals surface area contributed by atoms with Crippen molar-refractivity contribution in [2.24, 2.45) is 0 Å². The number of aliphatic carboxylic acids is 1. The van der Waals surface area contributed by atoms with Gasteiger partial charge < -0.3 is 25.2 Å². The normalized spacial score (nSPS) is 12.1. The third-order valence-electron chi connectivity index (χ3n) is 5.72. The number of benzene rings is 3. The van der Waals surface area contributed by atoms with Crippen LogP contribution in [-0.4, -0.2) is 49.7 Å². The van der Waals surface area contributed by atoms with E-state index in [4.69, 9.17) is 9.47 Å². The average Bonchev–Trinajstić information content (AvgIpc) is 2.92. The van der Waals surface area contributed by atoms with Gasteiger partial charge in [0.05, 0.1) is 10.6 Å². The molecule has 0 unspecified atom stereocenters. The summed E-state index contributed by atoms with van der Waals surface area (Å²) in [6, 6.07) is 19.5. The number of unbranched alkanes of at least 4 members (excludes halogenated alkanes) is 1. The molecule has 2 amide bonds. The number of para-hydroxylation sites is 3. The van der Waals surface area contributed by atoms with Crippen LogP contribution in [-0.2, 0) is 19.6 Å². The summed E-state index contributed by atoms with van der Waals surface area (Å²) in [6.45, 7) is 5.54. The molecule has 4 N–H and O–H groups in total. The van der Waals surface area contributed by atoms with Gasteiger partial charge in [-0.3, -0.25) is 9.52 Å². The summed E-state index contributed by atoms with van der Waals surface area (Å²) in [5.74, 6) is -1.02. The molecule has 3 aromatic rings. The first kappa shape index (κ1) is 31.9. The van der Waals surface area contributed by atoms with Crippen molar-refractivity contribution in [3.05, 3.63) is 84.4 Å². The molecule has 0 aromatic heterocycles. The lowest BCUT2D eigenvalue weighted by Gasteiger charge is -2.19. The van der Waals surface area contributed by atoms with Gasteiger partial charge in [-0.2, -0.15) is 0 Å². The van der Waals surface area contributed by atoms with Crippen molar-refractivity contribution in [2.75, 3.05) is 11.3 Å². The number of hydrogen-bond donors (Lipinski definition) is 4. The Morgan fingerprint density at radius 2 is 1.52 bits per heavy atom. The van der Waals surface area contributed by atoms with Crippen molar-refractivity contribution in [1.82, 2.24) is 10.6 Å². The fourth-order valence-electron chi connectivity index (χ4n) is 3.72. The molecule has 0 radical (unpaired) electrons. The number of alkyl carbamates (subject to hydrolysis) is 1. The summed E-state index contributed by atoms with van der Waals surface area (Å²) in [6.07, 6.45) is 0.484. The Balaban J connectivity index is 1.56. The van der Waals surface area contributed by atoms with E-state index in [1.54, 1.807) is 69.3 Å². The molecule has 3 aromatic carbocycles. The van der Waals surface area contributed by atoms with Crippen LogP contribution in [0.4, 0.5) is 10.5 Å². The van der Waals surface area contributed by atoms with Crippen molar-refractivity contribution in [3.8, 4) is 11.5 Å². The van der Waals surface area contributed by atoms with Crippen molar-refractivity contribution < 1.29 is 37.4 Å². The van der Waals surface area contributed by atoms with E-state index in [0.717, 1.165) is 0 Å². The molecular weight excluding hydrogens is 562 g/mol. The molecule has 0 aliphatic heterocycles. The first-order valence-electron chi connectivity index (χ1n) is 13.3. The number of ether oxygens (including phenoxy) is 2. The van der Waals surface area contributed by atoms with Crippen molar-refractivity contribution in [3.63, 3.8) is 0 Å². The Hall–Kier alpha value is -4.58. The number of carbonyl (C=O) groups is 3. The van der Waals surface area contributed by atoms with Gasteiger partial charge in [-0.05, 0) is 88.6 Å². The van der Waals surface area contributed by atoms with Gasteiger partial charge in [0.15, 0.2) is 5.75 Å². The third kappa shape index (κ3) is 10.1. The zero-order valence-electron chi connectivity index (χ0n) is 23.6. The van der Waals surface area contributed by atoms with Crippen LogP contribution < -0.4 is 20.1 Å². The van der Waals surface area contributed by atoms with Crippen LogP contribution in [0.2, 0.25) is 0 Å². The summed E-state index contributed by atoms with van der Waals surface area (Å²) >= 11 is 0. The summed E-state index contributed by atoms with van der Waals surface area (Å²) in [7, 11) is -4.04. The highest BCUT2D eigenvalue weighted by molar-refractivity contribution is 7.92. The van der Waals surface area contributed by atoms with Gasteiger partial charge in [0.2, 0.25) is 0 Å². The zero-order valence-corrected chi connectivity index (χ0v) is 24.4. The predicted molar refractivity (Wildman–Crippen MR) is 157 cm³/mol. The van der Waals surface area contributed by atoms with E-state index in [-0.39, 0.29) is 22.6 Å². The van der Waals surface area contributed by atoms with Gasteiger partial charge in [-0.15, -0.1) is 0 Å². The monoisotopic (exact) mass is 597 g/mol. The summed E-state index contributed by atoms with van der Waals surface area (Å²) < 4.78 is 39.6. The standard InChI is InChI=1S/C30H35N3O8S/c1-30(2,3)41-29(37)31-20-10-9-14-25(28(35)36)32-27(34)21-16-18-23(19-17-21)42(38,39)33-24-13-7-8-15-26(24)40-22-11-5-4-6-12-22/h4-8,11-13,15-19,25,33H,9-10,14,20H2,1-3H3,(H,31,37)(H,32,34)(H,35,36)/t25-/m0/s1. The van der Waals surface area contributed by atoms with Crippen LogP contribution in [0.1, 0.15) is 50.4 Å². The molecule has 0 aliphatic rings. The Morgan fingerprint density at radius 3 is 2.17 bits per heavy atom. The maximum Gasteiger partial charge on any atom is 0.407 e. The number of carboxylic acids is 1. The first-order chi connectivity index (χ1) is 19.8. The molecule has 0 saturated carbocycles. The number of anilines is 1. The van der Waals surface area contributed by atoms with Gasteiger partial charge in [0.1, 0.15) is 17.4 Å². The van der Waals surface area contributed by atoms with Crippen LogP contribution in [0, 0.1) is 0 Å². The number of rotatable bonds is 13. The number of nitrogens with one attached hydrogen (secondary N) is 3. The second-order valence-electron chi connectivity index (χ2n) is 10.3. The van der Waals surface area contributed by atoms with Gasteiger partial charge in [0, 0.05) is 12.1 Å². The number of carboxylic acid groups (broad SMARTS) is 1. The summed E-state index contributed by atoms with van der Waals surface area (Å²) in [4.78, 5) is 36.0. The average molecular weight is 598 g/mol. The number of amides is 2. The SMILES string of the molecule is CC(C)(C)OC(=O)NCCCC[C@H](NC(=O)c1ccc(S(=O)(=O)Nc2ccccc2Oc2ccccc2)cc1)C(=O)O. The molecule has 0 spiro atoms. The lowest BCUT2D eigenvalue weighted by atomic mass is 10.1. The number of carbonyl (C=O) groups excluding carboxylic acids is 2. The van der Waals surface area contributed by atoms with Crippen molar-refractivity contribution in [2.45, 2.75) is 56.6 Å². The summed E-state index contributed by atoms with van der Waals surface area (Å²) in [5, 5.41) is 14.6. The largest absolute Gasteiger partial charge is 0.480 e. The van der Waals surface area contributed by atoms with Crippen LogP contribution in [0.5, 0.6) is 11.5 Å². The Bertz CT molecular complexity index is 1470. The van der Waals surface area contributed by atoms with Crippen LogP contribution in [0.25, 0.3) is 0 Å². The molecule has 3 rings (SSSR count). The maximum absolute atomic E-state index is 13.1. The minimum Gasteiger partial charge on any atom is -0.480 e. The van der Waals surface area contributed by atoms with Crippen LogP contribution in [0.15, 0.2) is 83.8 Å². The van der Waals surface area contributed by atoms with Gasteiger partial charge >= 0.3 is 12.1 Å². The molecule has 224 valence electrons. The van der Waals surface area contributed by atoms with E-state index in [0.29, 0.717) is 30.9 Å². The fourth-order valence-corrected chi connectivity index (χ4v) is 4.79. The summed E-state index contributed by atoms with van der Waals surface area (Å²) in [5.41, 5.74) is -0.293. The van der Waals surface area contributed by atoms with Crippen molar-refractivity contribution >= 4 is 33.7 Å². The minimum atomic E-state index is -4.04. The molecule has 11 nitrogen and oxygen atoms in total. The smallest absolute Gasteiger partial charge is 0.407 e. The Morgan fingerprint density at radius 1 is 0.881 bits per heavy atom. The second kappa shape index (κ2) is 14.4. The lowest BCUT2D eigenvalue weighted by Crippen LogP contribution is -2.41. The van der Waals surface area contributed by atoms with Gasteiger partial charge in [-0.1, -0.05) is 30.3 Å². The second-order valence-corrected chi connectivity index (χ2v) is 12.0. The quantitative estimate of drug-likeness (QED) is 0.197. The van der Waals surface area contributed by atoms with E-state index in [1.807, 2.05) is 6.07 Å². The van der Waals surface area contributed by atoms with Gasteiger partial charge in [0.25, 0.3) is 15.9 Å². The highest BCUT2D eigenvalue weighted by Crippen LogP contribution is 2.31. The maximum atomic E-state index is 13.1. The van der Waals surface area contributed by atoms with E-state index in [9.17, 15) is 27.9 Å². The molecule has 0 fully saturated rings. The molecule has 12 heteroatoms. The first-order valence-corrected chi connectivity index (χ1v) is 14.8. The van der Waals surface area contributed by atoms with Crippen LogP contribution in [0.3, 0.4) is 0 Å². The van der Waals surface area contributed by atoms with E-state index >= 15 is 0 Å². The Labute approximate surface area is 245 Å². The molecular formula is C30H35N3O8S. The van der Waals surface area contributed by atoms with Crippen molar-refractivity contribution in [1.29, 1.82) is 0 Å². The topological polar surface area (TPSA) is 160 Å². The van der Waals surface area contributed by atoms with E-state index in [2.05, 4.69) is 15.4 Å². The Kier molecular flexibility index (Phi) is 10.9. The van der Waals surface area contributed by atoms with E-state index < -0.39 is 39.6 Å². The molecule has 1 atom stereocenters. The predicted octanol–water partition coefficient (Wildman–Crippen LogP) is 5.16. The highest BCUT2D eigenvalue weighted by atomic mass is 32.2. The molecule has 0 bridgehead atoms. The zero-order chi connectivity index (χ0) is 30.8. The van der Waals surface area contributed by atoms with Crippen LogP contribution >= 0.6 is 0 Å². The number of hydrogen-bond acceptors (Lipinski definition) is 7. The molecule has 0 saturated heterocycles. The van der Waals surface area contributed by atoms with Gasteiger partial charge in [-0.25, -0.2) is 18.0 Å². The highest BCUT2D eigenvalue weighted by Gasteiger charge is 2.22. The fraction of sp³-hybridized carbons (Fsp3) is 0.300. The molecule has 42 heavy (non-hydrogen) atoms. The molecule has 0 heterocycles. The minimum absolute atomic E-state index is 0.0964. The lowest BCUT2D eigenvalue weighted by molar-refractivity contribution is -0.139. The van der Waals surface area contributed by atoms with E-state index in [1.165, 1.54) is 24.3 Å². The third-order valence-corrected chi connectivity index (χ3v) is 7.10.